The van der Waals surface area contributed by atoms with E-state index in [9.17, 15) is 14.4 Å². The van der Waals surface area contributed by atoms with Gasteiger partial charge in [-0.15, -0.1) is 0 Å². The fourth-order valence-corrected chi connectivity index (χ4v) is 2.34. The van der Waals surface area contributed by atoms with Crippen molar-refractivity contribution in [1.29, 1.82) is 0 Å². The Hall–Kier alpha value is -1.63. The molecule has 1 heterocycles. The molecule has 0 aromatic heterocycles. The Balaban J connectivity index is 2.45. The quantitative estimate of drug-likeness (QED) is 0.419. The number of imide groups is 1. The molecule has 1 aliphatic rings. The van der Waals surface area contributed by atoms with E-state index in [-0.39, 0.29) is 18.4 Å². The van der Waals surface area contributed by atoms with Crippen LogP contribution in [-0.4, -0.2) is 54.5 Å². The van der Waals surface area contributed by atoms with Gasteiger partial charge in [0.25, 0.3) is 5.91 Å². The second-order valence-electron chi connectivity index (χ2n) is 5.21. The number of nitrogens with one attached hydrogen (secondary N) is 3. The molecule has 1 aliphatic heterocycles. The van der Waals surface area contributed by atoms with E-state index in [1.807, 2.05) is 13.8 Å². The molecule has 0 aromatic carbocycles. The van der Waals surface area contributed by atoms with Gasteiger partial charge in [0.1, 0.15) is 12.1 Å². The Morgan fingerprint density at radius 1 is 1.14 bits per heavy atom. The highest BCUT2D eigenvalue weighted by molar-refractivity contribution is 6.08. The minimum Gasteiger partial charge on any atom is -0.353 e. The Morgan fingerprint density at radius 2 is 1.81 bits per heavy atom. The number of rotatable bonds is 9. The van der Waals surface area contributed by atoms with E-state index < -0.39 is 11.6 Å². The van der Waals surface area contributed by atoms with Crippen LogP contribution in [0.4, 0.5) is 4.79 Å². The van der Waals surface area contributed by atoms with Crippen LogP contribution >= 0.6 is 0 Å². The molecule has 0 unspecified atom stereocenters. The Labute approximate surface area is 125 Å². The van der Waals surface area contributed by atoms with Gasteiger partial charge in [0.15, 0.2) is 0 Å². The maximum absolute atomic E-state index is 12.3. The monoisotopic (exact) mass is 298 g/mol. The second kappa shape index (κ2) is 7.97. The van der Waals surface area contributed by atoms with Gasteiger partial charge in [-0.05, 0) is 25.8 Å². The molecule has 3 N–H and O–H groups in total. The fourth-order valence-electron chi connectivity index (χ4n) is 2.34. The number of carbonyl (C=O) groups excluding carboxylic acids is 3. The van der Waals surface area contributed by atoms with E-state index in [0.717, 1.165) is 17.9 Å². The van der Waals surface area contributed by atoms with Gasteiger partial charge in [-0.2, -0.15) is 0 Å². The highest BCUT2D eigenvalue weighted by Gasteiger charge is 2.49. The smallest absolute Gasteiger partial charge is 0.325 e. The van der Waals surface area contributed by atoms with Crippen molar-refractivity contribution in [3.63, 3.8) is 0 Å². The average Bonchev–Trinajstić information content (AvgIpc) is 2.71. The van der Waals surface area contributed by atoms with Crippen LogP contribution in [0, 0.1) is 0 Å². The van der Waals surface area contributed by atoms with Gasteiger partial charge in [0.2, 0.25) is 5.91 Å². The molecule has 0 atom stereocenters. The van der Waals surface area contributed by atoms with Crippen LogP contribution in [0.15, 0.2) is 0 Å². The molecule has 0 spiro atoms. The Bertz CT molecular complexity index is 394. The summed E-state index contributed by atoms with van der Waals surface area (Å²) in [4.78, 5) is 37.0. The summed E-state index contributed by atoms with van der Waals surface area (Å²) in [6, 6.07) is -0.483. The lowest BCUT2D eigenvalue weighted by Crippen LogP contribution is -2.47. The maximum Gasteiger partial charge on any atom is 0.325 e. The van der Waals surface area contributed by atoms with E-state index in [4.69, 9.17) is 0 Å². The van der Waals surface area contributed by atoms with Crippen LogP contribution in [0.2, 0.25) is 0 Å². The number of urea groups is 1. The SMILES string of the molecule is CCCNCCNC(=O)CN1C(=O)NC(CC)(CC)C1=O. The molecule has 0 aliphatic carbocycles. The summed E-state index contributed by atoms with van der Waals surface area (Å²) in [5, 5.41) is 8.56. The lowest BCUT2D eigenvalue weighted by molar-refractivity contribution is -0.135. The van der Waals surface area contributed by atoms with E-state index >= 15 is 0 Å². The summed E-state index contributed by atoms with van der Waals surface area (Å²) in [5.41, 5.74) is -0.847. The molecule has 21 heavy (non-hydrogen) atoms. The standard InChI is InChI=1S/C14H26N4O3/c1-4-7-15-8-9-16-11(19)10-18-12(20)14(5-2,6-3)17-13(18)21/h15H,4-10H2,1-3H3,(H,16,19)(H,17,21). The first-order valence-corrected chi connectivity index (χ1v) is 7.62. The summed E-state index contributed by atoms with van der Waals surface area (Å²) in [5.74, 6) is -0.628. The third-order valence-electron chi connectivity index (χ3n) is 3.81. The number of carbonyl (C=O) groups is 3. The molecule has 4 amide bonds. The third kappa shape index (κ3) is 4.17. The second-order valence-corrected chi connectivity index (χ2v) is 5.21. The first-order valence-electron chi connectivity index (χ1n) is 7.62. The fraction of sp³-hybridized carbons (Fsp3) is 0.786. The minimum atomic E-state index is -0.847. The number of hydrogen-bond acceptors (Lipinski definition) is 4. The molecule has 120 valence electrons. The van der Waals surface area contributed by atoms with Gasteiger partial charge in [0, 0.05) is 13.1 Å². The summed E-state index contributed by atoms with van der Waals surface area (Å²) in [7, 11) is 0. The molecular formula is C14H26N4O3. The zero-order valence-electron chi connectivity index (χ0n) is 13.1. The first-order chi connectivity index (χ1) is 10.0. The molecule has 1 rings (SSSR count). The molecule has 0 aromatic rings. The van der Waals surface area contributed by atoms with Crippen molar-refractivity contribution >= 4 is 17.8 Å². The zero-order chi connectivity index (χ0) is 15.9. The van der Waals surface area contributed by atoms with Gasteiger partial charge in [-0.25, -0.2) is 4.79 Å². The molecule has 1 fully saturated rings. The average molecular weight is 298 g/mol. The molecule has 0 radical (unpaired) electrons. The molecular weight excluding hydrogens is 272 g/mol. The molecule has 0 saturated carbocycles. The van der Waals surface area contributed by atoms with Crippen LogP contribution in [0.3, 0.4) is 0 Å². The molecule has 1 saturated heterocycles. The van der Waals surface area contributed by atoms with E-state index in [0.29, 0.717) is 25.9 Å². The van der Waals surface area contributed by atoms with Gasteiger partial charge in [-0.3, -0.25) is 14.5 Å². The van der Waals surface area contributed by atoms with Crippen LogP contribution in [-0.2, 0) is 9.59 Å². The number of nitrogens with zero attached hydrogens (tertiary/aromatic N) is 1. The molecule has 7 heteroatoms. The van der Waals surface area contributed by atoms with Gasteiger partial charge in [0.05, 0.1) is 0 Å². The van der Waals surface area contributed by atoms with Gasteiger partial charge in [-0.1, -0.05) is 20.8 Å². The van der Waals surface area contributed by atoms with Gasteiger partial charge >= 0.3 is 6.03 Å². The van der Waals surface area contributed by atoms with E-state index in [1.54, 1.807) is 0 Å². The van der Waals surface area contributed by atoms with Gasteiger partial charge < -0.3 is 16.0 Å². The van der Waals surface area contributed by atoms with Crippen LogP contribution < -0.4 is 16.0 Å². The lowest BCUT2D eigenvalue weighted by Gasteiger charge is -2.23. The summed E-state index contributed by atoms with van der Waals surface area (Å²) < 4.78 is 0. The number of hydrogen-bond donors (Lipinski definition) is 3. The first kappa shape index (κ1) is 17.4. The molecule has 0 bridgehead atoms. The zero-order valence-corrected chi connectivity index (χ0v) is 13.1. The van der Waals surface area contributed by atoms with Crippen molar-refractivity contribution in [3.8, 4) is 0 Å². The largest absolute Gasteiger partial charge is 0.353 e. The summed E-state index contributed by atoms with van der Waals surface area (Å²) >= 11 is 0. The van der Waals surface area contributed by atoms with Crippen LogP contribution in [0.1, 0.15) is 40.0 Å². The van der Waals surface area contributed by atoms with Crippen molar-refractivity contribution in [1.82, 2.24) is 20.9 Å². The number of amides is 4. The van der Waals surface area contributed by atoms with Crippen molar-refractivity contribution in [2.45, 2.75) is 45.6 Å². The summed E-state index contributed by atoms with van der Waals surface area (Å²) in [6.07, 6.45) is 2.08. The van der Waals surface area contributed by atoms with Crippen molar-refractivity contribution in [3.05, 3.63) is 0 Å². The molecule has 7 nitrogen and oxygen atoms in total. The normalized spacial score (nSPS) is 17.0. The Morgan fingerprint density at radius 3 is 2.33 bits per heavy atom. The van der Waals surface area contributed by atoms with Crippen LogP contribution in [0.25, 0.3) is 0 Å². The predicted octanol–water partition coefficient (Wildman–Crippen LogP) is 0.213. The van der Waals surface area contributed by atoms with Crippen LogP contribution in [0.5, 0.6) is 0 Å². The van der Waals surface area contributed by atoms with Crippen molar-refractivity contribution in [2.75, 3.05) is 26.2 Å². The lowest BCUT2D eigenvalue weighted by atomic mass is 9.93. The van der Waals surface area contributed by atoms with E-state index in [1.165, 1.54) is 0 Å². The highest BCUT2D eigenvalue weighted by Crippen LogP contribution is 2.24. The topological polar surface area (TPSA) is 90.5 Å². The Kier molecular flexibility index (Phi) is 6.61. The minimum absolute atomic E-state index is 0.222. The maximum atomic E-state index is 12.3. The van der Waals surface area contributed by atoms with E-state index in [2.05, 4.69) is 22.9 Å². The predicted molar refractivity (Wildman–Crippen MR) is 79.7 cm³/mol. The van der Waals surface area contributed by atoms with Crippen molar-refractivity contribution < 1.29 is 14.4 Å². The summed E-state index contributed by atoms with van der Waals surface area (Å²) in [6.45, 7) is 7.60. The third-order valence-corrected chi connectivity index (χ3v) is 3.81. The highest BCUT2D eigenvalue weighted by atomic mass is 16.2. The van der Waals surface area contributed by atoms with Crippen molar-refractivity contribution in [2.24, 2.45) is 0 Å².